The molecule has 0 aromatic carbocycles. The average molecular weight is 186 g/mol. The minimum absolute atomic E-state index is 0.879. The van der Waals surface area contributed by atoms with Gasteiger partial charge in [0.15, 0.2) is 0 Å². The SMILES string of the molecule is C=C(/C=C\C)C(=C)C(=C)/C=C\C=C/C. The van der Waals surface area contributed by atoms with Gasteiger partial charge in [0.2, 0.25) is 0 Å². The molecule has 0 aromatic rings. The molecule has 0 aliphatic heterocycles. The van der Waals surface area contributed by atoms with E-state index in [0.717, 1.165) is 16.7 Å². The van der Waals surface area contributed by atoms with Gasteiger partial charge in [0, 0.05) is 0 Å². The third kappa shape index (κ3) is 4.46. The Morgan fingerprint density at radius 3 is 1.86 bits per heavy atom. The zero-order valence-electron chi connectivity index (χ0n) is 9.09. The fourth-order valence-electron chi connectivity index (χ4n) is 0.891. The molecule has 0 N–H and O–H groups in total. The van der Waals surface area contributed by atoms with Gasteiger partial charge in [0.25, 0.3) is 0 Å². The largest absolute Gasteiger partial charge is 0.0912 e. The van der Waals surface area contributed by atoms with Crippen LogP contribution in [0.25, 0.3) is 0 Å². The molecular formula is C14H18. The first-order valence-corrected chi connectivity index (χ1v) is 4.63. The minimum Gasteiger partial charge on any atom is -0.0912 e. The maximum Gasteiger partial charge on any atom is -0.0195 e. The molecular weight excluding hydrogens is 168 g/mol. The van der Waals surface area contributed by atoms with Crippen molar-refractivity contribution < 1.29 is 0 Å². The molecule has 14 heavy (non-hydrogen) atoms. The van der Waals surface area contributed by atoms with Gasteiger partial charge in [-0.05, 0) is 30.6 Å². The lowest BCUT2D eigenvalue weighted by Crippen LogP contribution is -1.84. The van der Waals surface area contributed by atoms with E-state index in [0.29, 0.717) is 0 Å². The van der Waals surface area contributed by atoms with Crippen molar-refractivity contribution in [1.82, 2.24) is 0 Å². The number of hydrogen-bond acceptors (Lipinski definition) is 0. The summed E-state index contributed by atoms with van der Waals surface area (Å²) in [6, 6.07) is 0. The zero-order valence-corrected chi connectivity index (χ0v) is 9.09. The molecule has 0 atom stereocenters. The van der Waals surface area contributed by atoms with Gasteiger partial charge in [-0.15, -0.1) is 0 Å². The second-order valence-corrected chi connectivity index (χ2v) is 2.91. The van der Waals surface area contributed by atoms with Crippen molar-refractivity contribution in [2.45, 2.75) is 13.8 Å². The Morgan fingerprint density at radius 1 is 0.786 bits per heavy atom. The van der Waals surface area contributed by atoms with Crippen LogP contribution in [-0.4, -0.2) is 0 Å². The van der Waals surface area contributed by atoms with E-state index in [4.69, 9.17) is 0 Å². The molecule has 74 valence electrons. The maximum atomic E-state index is 3.93. The van der Waals surface area contributed by atoms with Crippen LogP contribution in [-0.2, 0) is 0 Å². The Kier molecular flexibility index (Phi) is 6.13. The van der Waals surface area contributed by atoms with Crippen LogP contribution in [0.3, 0.4) is 0 Å². The highest BCUT2D eigenvalue weighted by molar-refractivity contribution is 5.51. The Bertz CT molecular complexity index is 309. The van der Waals surface area contributed by atoms with Gasteiger partial charge < -0.3 is 0 Å². The van der Waals surface area contributed by atoms with Gasteiger partial charge in [-0.2, -0.15) is 0 Å². The van der Waals surface area contributed by atoms with Crippen molar-refractivity contribution in [1.29, 1.82) is 0 Å². The standard InChI is InChI=1S/C14H18/c1-6-8-9-11-13(4)14(5)12(3)10-7-2/h6-11H,3-5H2,1-2H3/b8-6-,10-7-,11-9-. The highest BCUT2D eigenvalue weighted by Crippen LogP contribution is 2.16. The summed E-state index contributed by atoms with van der Waals surface area (Å²) in [5.41, 5.74) is 2.68. The van der Waals surface area contributed by atoms with Gasteiger partial charge in [-0.1, -0.05) is 56.2 Å². The van der Waals surface area contributed by atoms with Crippen LogP contribution in [0.1, 0.15) is 13.8 Å². The summed E-state index contributed by atoms with van der Waals surface area (Å²) in [6.07, 6.45) is 11.7. The van der Waals surface area contributed by atoms with Crippen LogP contribution in [0, 0.1) is 0 Å². The number of hydrogen-bond donors (Lipinski definition) is 0. The Labute approximate surface area is 87.3 Å². The van der Waals surface area contributed by atoms with Gasteiger partial charge in [0.1, 0.15) is 0 Å². The molecule has 0 radical (unpaired) electrons. The monoisotopic (exact) mass is 186 g/mol. The molecule has 0 nitrogen and oxygen atoms in total. The minimum atomic E-state index is 0.879. The van der Waals surface area contributed by atoms with Gasteiger partial charge in [-0.3, -0.25) is 0 Å². The first-order valence-electron chi connectivity index (χ1n) is 4.63. The molecule has 0 heteroatoms. The molecule has 0 fully saturated rings. The summed E-state index contributed by atoms with van der Waals surface area (Å²) in [5.74, 6) is 0. The lowest BCUT2D eigenvalue weighted by molar-refractivity contribution is 1.50. The zero-order chi connectivity index (χ0) is 11.0. The summed E-state index contributed by atoms with van der Waals surface area (Å²) < 4.78 is 0. The molecule has 0 spiro atoms. The predicted molar refractivity (Wildman–Crippen MR) is 66.2 cm³/mol. The van der Waals surface area contributed by atoms with Crippen LogP contribution in [0.2, 0.25) is 0 Å². The Hall–Kier alpha value is -1.56. The van der Waals surface area contributed by atoms with Crippen LogP contribution in [0.4, 0.5) is 0 Å². The van der Waals surface area contributed by atoms with E-state index in [9.17, 15) is 0 Å². The van der Waals surface area contributed by atoms with Crippen molar-refractivity contribution in [2.75, 3.05) is 0 Å². The van der Waals surface area contributed by atoms with Crippen molar-refractivity contribution in [2.24, 2.45) is 0 Å². The smallest absolute Gasteiger partial charge is 0.0195 e. The summed E-state index contributed by atoms with van der Waals surface area (Å²) in [5, 5.41) is 0. The van der Waals surface area contributed by atoms with E-state index >= 15 is 0 Å². The van der Waals surface area contributed by atoms with E-state index in [1.165, 1.54) is 0 Å². The van der Waals surface area contributed by atoms with Crippen LogP contribution < -0.4 is 0 Å². The summed E-state index contributed by atoms with van der Waals surface area (Å²) in [7, 11) is 0. The fourth-order valence-corrected chi connectivity index (χ4v) is 0.891. The van der Waals surface area contributed by atoms with Crippen molar-refractivity contribution in [3.63, 3.8) is 0 Å². The summed E-state index contributed by atoms with van der Waals surface area (Å²) >= 11 is 0. The van der Waals surface area contributed by atoms with E-state index in [2.05, 4.69) is 19.7 Å². The van der Waals surface area contributed by atoms with E-state index in [1.54, 1.807) is 0 Å². The molecule has 0 aliphatic carbocycles. The fraction of sp³-hybridized carbons (Fsp3) is 0.143. The third-order valence-corrected chi connectivity index (χ3v) is 1.74. The third-order valence-electron chi connectivity index (χ3n) is 1.74. The molecule has 0 bridgehead atoms. The molecule has 0 rings (SSSR count). The molecule has 0 saturated carbocycles. The second-order valence-electron chi connectivity index (χ2n) is 2.91. The van der Waals surface area contributed by atoms with E-state index < -0.39 is 0 Å². The molecule has 0 saturated heterocycles. The average Bonchev–Trinajstić information content (AvgIpc) is 2.17. The van der Waals surface area contributed by atoms with Crippen molar-refractivity contribution in [3.8, 4) is 0 Å². The second kappa shape index (κ2) is 6.90. The first kappa shape index (κ1) is 12.4. The van der Waals surface area contributed by atoms with Crippen molar-refractivity contribution in [3.05, 3.63) is 72.9 Å². The highest BCUT2D eigenvalue weighted by atomic mass is 14.0. The lowest BCUT2D eigenvalue weighted by atomic mass is 10.0. The van der Waals surface area contributed by atoms with E-state index in [1.807, 2.05) is 50.3 Å². The predicted octanol–water partition coefficient (Wildman–Crippen LogP) is 4.36. The van der Waals surface area contributed by atoms with Gasteiger partial charge >= 0.3 is 0 Å². The quantitative estimate of drug-likeness (QED) is 0.559. The van der Waals surface area contributed by atoms with Crippen molar-refractivity contribution >= 4 is 0 Å². The topological polar surface area (TPSA) is 0 Å². The molecule has 0 unspecified atom stereocenters. The Balaban J connectivity index is 4.41. The van der Waals surface area contributed by atoms with Crippen LogP contribution in [0.5, 0.6) is 0 Å². The number of allylic oxidation sites excluding steroid dienone is 9. The Morgan fingerprint density at radius 2 is 1.36 bits per heavy atom. The van der Waals surface area contributed by atoms with Gasteiger partial charge in [-0.25, -0.2) is 0 Å². The maximum absolute atomic E-state index is 3.93. The van der Waals surface area contributed by atoms with Gasteiger partial charge in [0.05, 0.1) is 0 Å². The molecule has 0 aromatic heterocycles. The number of rotatable bonds is 5. The molecule has 0 heterocycles. The first-order chi connectivity index (χ1) is 6.63. The summed E-state index contributed by atoms with van der Waals surface area (Å²) in [4.78, 5) is 0. The highest BCUT2D eigenvalue weighted by Gasteiger charge is 1.97. The molecule has 0 amide bonds. The van der Waals surface area contributed by atoms with Crippen LogP contribution >= 0.6 is 0 Å². The lowest BCUT2D eigenvalue weighted by Gasteiger charge is -2.03. The summed E-state index contributed by atoms with van der Waals surface area (Å²) in [6.45, 7) is 15.7. The van der Waals surface area contributed by atoms with E-state index in [-0.39, 0.29) is 0 Å². The normalized spacial score (nSPS) is 11.6. The molecule has 0 aliphatic rings. The van der Waals surface area contributed by atoms with Crippen LogP contribution in [0.15, 0.2) is 72.9 Å².